The summed E-state index contributed by atoms with van der Waals surface area (Å²) in [6, 6.07) is 5.90. The summed E-state index contributed by atoms with van der Waals surface area (Å²) in [6.07, 6.45) is 3.04. The molecule has 9 nitrogen and oxygen atoms in total. The number of nitrogens with zero attached hydrogens (tertiary/aromatic N) is 1. The van der Waals surface area contributed by atoms with Crippen LogP contribution in [0.2, 0.25) is 5.02 Å². The van der Waals surface area contributed by atoms with Crippen molar-refractivity contribution in [3.8, 4) is 17.0 Å². The number of carbonyl (C=O) groups excluding carboxylic acids is 2. The Balaban J connectivity index is 1.70. The third kappa shape index (κ3) is 6.13. The number of carbonyl (C=O) groups is 2. The van der Waals surface area contributed by atoms with Gasteiger partial charge in [-0.25, -0.2) is 4.79 Å². The monoisotopic (exact) mass is 449 g/mol. The van der Waals surface area contributed by atoms with Crippen molar-refractivity contribution in [2.45, 2.75) is 19.3 Å². The molecule has 10 heteroatoms. The predicted octanol–water partition coefficient (Wildman–Crippen LogP) is 2.40. The van der Waals surface area contributed by atoms with Gasteiger partial charge in [0.1, 0.15) is 18.2 Å². The van der Waals surface area contributed by atoms with Crippen LogP contribution in [0.25, 0.3) is 11.3 Å². The average molecular weight is 450 g/mol. The van der Waals surface area contributed by atoms with Crippen LogP contribution in [0.3, 0.4) is 0 Å². The fourth-order valence-electron chi connectivity index (χ4n) is 3.82. The highest BCUT2D eigenvalue weighted by Crippen LogP contribution is 2.34. The number of piperidine rings is 1. The van der Waals surface area contributed by atoms with Gasteiger partial charge >= 0.3 is 6.03 Å². The molecular weight excluding hydrogens is 422 g/mol. The molecule has 1 fully saturated rings. The maximum absolute atomic E-state index is 11.7. The summed E-state index contributed by atoms with van der Waals surface area (Å²) < 4.78 is 6.03. The molecular formula is C21H28ClN5O4. The minimum absolute atomic E-state index is 0.102. The van der Waals surface area contributed by atoms with E-state index >= 15 is 0 Å². The zero-order valence-corrected chi connectivity index (χ0v) is 18.0. The Bertz CT molecular complexity index is 924. The van der Waals surface area contributed by atoms with E-state index in [4.69, 9.17) is 32.9 Å². The second-order valence-corrected chi connectivity index (χ2v) is 8.05. The molecule has 2 aromatic rings. The molecule has 0 saturated carbocycles. The number of aromatic nitrogens is 1. The quantitative estimate of drug-likeness (QED) is 0.398. The number of aliphatic hydroxyl groups excluding tert-OH is 1. The van der Waals surface area contributed by atoms with Gasteiger partial charge in [-0.05, 0) is 62.5 Å². The summed E-state index contributed by atoms with van der Waals surface area (Å²) in [7, 11) is 0. The van der Waals surface area contributed by atoms with Crippen LogP contribution < -0.4 is 21.5 Å². The Morgan fingerprint density at radius 3 is 2.65 bits per heavy atom. The second-order valence-electron chi connectivity index (χ2n) is 7.61. The van der Waals surface area contributed by atoms with E-state index in [0.29, 0.717) is 34.6 Å². The van der Waals surface area contributed by atoms with Crippen LogP contribution >= 0.6 is 11.6 Å². The topological polar surface area (TPSA) is 147 Å². The van der Waals surface area contributed by atoms with Gasteiger partial charge in [0.15, 0.2) is 0 Å². The standard InChI is InChI=1S/C21H28ClN5O4/c22-14-1-2-18(31-10-8-27-6-3-13(4-7-27)5-9-28)15(11-14)17-12-16(19(23)29)20(25-17)26-21(24)30/h1-2,11-13,25,28H,3-10H2,(H2,23,29)(H3,24,26,30). The molecule has 1 aliphatic heterocycles. The Hall–Kier alpha value is -2.75. The number of hydrogen-bond acceptors (Lipinski definition) is 5. The number of amides is 3. The summed E-state index contributed by atoms with van der Waals surface area (Å²) in [5, 5.41) is 11.9. The van der Waals surface area contributed by atoms with E-state index in [1.165, 1.54) is 6.07 Å². The van der Waals surface area contributed by atoms with Crippen molar-refractivity contribution in [1.82, 2.24) is 9.88 Å². The lowest BCUT2D eigenvalue weighted by atomic mass is 9.94. The molecule has 7 N–H and O–H groups in total. The van der Waals surface area contributed by atoms with E-state index in [1.54, 1.807) is 18.2 Å². The normalized spacial score (nSPS) is 15.0. The molecule has 0 bridgehead atoms. The Kier molecular flexibility index (Phi) is 7.78. The lowest BCUT2D eigenvalue weighted by Gasteiger charge is -2.31. The zero-order valence-electron chi connectivity index (χ0n) is 17.2. The molecule has 3 amide bonds. The third-order valence-corrected chi connectivity index (χ3v) is 5.71. The molecule has 168 valence electrons. The number of aliphatic hydroxyl groups is 1. The first-order chi connectivity index (χ1) is 14.9. The fourth-order valence-corrected chi connectivity index (χ4v) is 3.99. The summed E-state index contributed by atoms with van der Waals surface area (Å²) >= 11 is 6.18. The van der Waals surface area contributed by atoms with E-state index < -0.39 is 11.9 Å². The van der Waals surface area contributed by atoms with Crippen LogP contribution in [0.1, 0.15) is 29.6 Å². The maximum atomic E-state index is 11.7. The van der Waals surface area contributed by atoms with Crippen LogP contribution in [0, 0.1) is 5.92 Å². The van der Waals surface area contributed by atoms with Gasteiger partial charge < -0.3 is 26.3 Å². The molecule has 0 spiro atoms. The molecule has 1 aromatic carbocycles. The largest absolute Gasteiger partial charge is 0.492 e. The predicted molar refractivity (Wildman–Crippen MR) is 119 cm³/mol. The number of rotatable bonds is 9. The van der Waals surface area contributed by atoms with Crippen molar-refractivity contribution < 1.29 is 19.4 Å². The summed E-state index contributed by atoms with van der Waals surface area (Å²) in [5.74, 6) is 0.593. The van der Waals surface area contributed by atoms with Gasteiger partial charge in [0.2, 0.25) is 0 Å². The minimum atomic E-state index is -0.818. The van der Waals surface area contributed by atoms with Crippen LogP contribution in [-0.4, -0.2) is 59.8 Å². The number of urea groups is 1. The number of nitrogens with one attached hydrogen (secondary N) is 2. The number of primary amides is 2. The van der Waals surface area contributed by atoms with Gasteiger partial charge in [-0.15, -0.1) is 0 Å². The molecule has 1 aromatic heterocycles. The average Bonchev–Trinajstić information content (AvgIpc) is 3.14. The van der Waals surface area contributed by atoms with Crippen LogP contribution in [0.15, 0.2) is 24.3 Å². The number of anilines is 1. The molecule has 1 aliphatic rings. The van der Waals surface area contributed by atoms with Gasteiger partial charge in [-0.2, -0.15) is 0 Å². The number of benzene rings is 1. The van der Waals surface area contributed by atoms with Crippen LogP contribution in [0.5, 0.6) is 5.75 Å². The fraction of sp³-hybridized carbons (Fsp3) is 0.429. The Morgan fingerprint density at radius 2 is 2.00 bits per heavy atom. The second kappa shape index (κ2) is 10.5. The van der Waals surface area contributed by atoms with Crippen molar-refractivity contribution in [3.05, 3.63) is 34.9 Å². The first-order valence-corrected chi connectivity index (χ1v) is 10.6. The molecule has 0 unspecified atom stereocenters. The van der Waals surface area contributed by atoms with Crippen molar-refractivity contribution in [1.29, 1.82) is 0 Å². The SMILES string of the molecule is NC(=O)Nc1[nH]c(-c2cc(Cl)ccc2OCCN2CCC(CCO)CC2)cc1C(N)=O. The van der Waals surface area contributed by atoms with Crippen molar-refractivity contribution in [2.75, 3.05) is 38.2 Å². The highest BCUT2D eigenvalue weighted by Gasteiger charge is 2.20. The third-order valence-electron chi connectivity index (χ3n) is 5.47. The Morgan fingerprint density at radius 1 is 1.26 bits per heavy atom. The van der Waals surface area contributed by atoms with E-state index in [0.717, 1.165) is 38.9 Å². The molecule has 0 atom stereocenters. The number of H-pyrrole nitrogens is 1. The number of likely N-dealkylation sites (tertiary alicyclic amines) is 1. The first kappa shape index (κ1) is 22.9. The summed E-state index contributed by atoms with van der Waals surface area (Å²) in [5.41, 5.74) is 11.8. The lowest BCUT2D eigenvalue weighted by molar-refractivity contribution is 0.100. The zero-order chi connectivity index (χ0) is 22.4. The van der Waals surface area contributed by atoms with Gasteiger partial charge in [0, 0.05) is 23.7 Å². The number of halogens is 1. The number of hydrogen-bond donors (Lipinski definition) is 5. The number of ether oxygens (including phenoxy) is 1. The maximum Gasteiger partial charge on any atom is 0.317 e. The Labute approximate surface area is 185 Å². The van der Waals surface area contributed by atoms with E-state index in [1.807, 2.05) is 0 Å². The van der Waals surface area contributed by atoms with Crippen LogP contribution in [-0.2, 0) is 0 Å². The van der Waals surface area contributed by atoms with Gasteiger partial charge in [-0.1, -0.05) is 11.6 Å². The molecule has 2 heterocycles. The highest BCUT2D eigenvalue weighted by molar-refractivity contribution is 6.31. The van der Waals surface area contributed by atoms with Gasteiger partial charge in [-0.3, -0.25) is 15.0 Å². The molecule has 0 aliphatic carbocycles. The van der Waals surface area contributed by atoms with Crippen molar-refractivity contribution >= 4 is 29.4 Å². The van der Waals surface area contributed by atoms with Crippen LogP contribution in [0.4, 0.5) is 10.6 Å². The highest BCUT2D eigenvalue weighted by atomic mass is 35.5. The molecule has 0 radical (unpaired) electrons. The van der Waals surface area contributed by atoms with E-state index in [2.05, 4.69) is 15.2 Å². The molecule has 31 heavy (non-hydrogen) atoms. The molecule has 3 rings (SSSR count). The van der Waals surface area contributed by atoms with E-state index in [9.17, 15) is 9.59 Å². The summed E-state index contributed by atoms with van der Waals surface area (Å²) in [4.78, 5) is 28.3. The minimum Gasteiger partial charge on any atom is -0.492 e. The first-order valence-electron chi connectivity index (χ1n) is 10.2. The number of aromatic amines is 1. The summed E-state index contributed by atoms with van der Waals surface area (Å²) in [6.45, 7) is 3.49. The van der Waals surface area contributed by atoms with Gasteiger partial charge in [0.05, 0.1) is 11.3 Å². The van der Waals surface area contributed by atoms with Crippen molar-refractivity contribution in [3.63, 3.8) is 0 Å². The lowest BCUT2D eigenvalue weighted by Crippen LogP contribution is -2.36. The van der Waals surface area contributed by atoms with Crippen molar-refractivity contribution in [2.24, 2.45) is 17.4 Å². The smallest absolute Gasteiger partial charge is 0.317 e. The molecule has 1 saturated heterocycles. The number of nitrogens with two attached hydrogens (primary N) is 2. The van der Waals surface area contributed by atoms with E-state index in [-0.39, 0.29) is 18.0 Å². The van der Waals surface area contributed by atoms with Gasteiger partial charge in [0.25, 0.3) is 5.91 Å².